The fourth-order valence-electron chi connectivity index (χ4n) is 1.90. The van der Waals surface area contributed by atoms with Crippen LogP contribution in [0.2, 0.25) is 0 Å². The Morgan fingerprint density at radius 2 is 2.22 bits per heavy atom. The lowest BCUT2D eigenvalue weighted by Crippen LogP contribution is -2.28. The van der Waals surface area contributed by atoms with Crippen LogP contribution in [-0.2, 0) is 17.5 Å². The molecule has 100 valence electrons. The van der Waals surface area contributed by atoms with Crippen LogP contribution in [0.5, 0.6) is 0 Å². The molecule has 0 bridgehead atoms. The summed E-state index contributed by atoms with van der Waals surface area (Å²) in [7, 11) is 0. The SMILES string of the molecule is O=c1c(Br)cc(C(F)(F)F)cn1CC1CCCO1. The minimum Gasteiger partial charge on any atom is -0.376 e. The second-order valence-corrected chi connectivity index (χ2v) is 5.02. The van der Waals surface area contributed by atoms with E-state index >= 15 is 0 Å². The molecule has 1 fully saturated rings. The molecule has 1 aromatic rings. The van der Waals surface area contributed by atoms with Crippen molar-refractivity contribution in [3.63, 3.8) is 0 Å². The molecule has 0 saturated carbocycles. The number of aromatic nitrogens is 1. The van der Waals surface area contributed by atoms with Gasteiger partial charge in [0.15, 0.2) is 0 Å². The molecule has 2 rings (SSSR count). The zero-order valence-corrected chi connectivity index (χ0v) is 10.9. The summed E-state index contributed by atoms with van der Waals surface area (Å²) in [5, 5.41) is 0. The van der Waals surface area contributed by atoms with Crippen molar-refractivity contribution in [2.24, 2.45) is 0 Å². The number of alkyl halides is 3. The van der Waals surface area contributed by atoms with Gasteiger partial charge in [-0.2, -0.15) is 13.2 Å². The fraction of sp³-hybridized carbons (Fsp3) is 0.545. The number of halogens is 4. The van der Waals surface area contributed by atoms with Crippen molar-refractivity contribution in [2.75, 3.05) is 6.61 Å². The summed E-state index contributed by atoms with van der Waals surface area (Å²) in [6.45, 7) is 0.751. The molecule has 1 aliphatic rings. The van der Waals surface area contributed by atoms with E-state index in [9.17, 15) is 18.0 Å². The van der Waals surface area contributed by atoms with Gasteiger partial charge in [-0.15, -0.1) is 0 Å². The van der Waals surface area contributed by atoms with Crippen LogP contribution in [0, 0.1) is 0 Å². The summed E-state index contributed by atoms with van der Waals surface area (Å²) >= 11 is 2.86. The topological polar surface area (TPSA) is 31.2 Å². The van der Waals surface area contributed by atoms with E-state index in [1.54, 1.807) is 0 Å². The van der Waals surface area contributed by atoms with Gasteiger partial charge in [-0.05, 0) is 34.8 Å². The van der Waals surface area contributed by atoms with Gasteiger partial charge in [-0.3, -0.25) is 4.79 Å². The molecule has 3 nitrogen and oxygen atoms in total. The first-order chi connectivity index (χ1) is 8.38. The summed E-state index contributed by atoms with van der Waals surface area (Å²) < 4.78 is 44.2. The van der Waals surface area contributed by atoms with Crippen LogP contribution in [0.15, 0.2) is 21.5 Å². The van der Waals surface area contributed by atoms with Gasteiger partial charge >= 0.3 is 6.18 Å². The fourth-order valence-corrected chi connectivity index (χ4v) is 2.37. The molecular weight excluding hydrogens is 315 g/mol. The van der Waals surface area contributed by atoms with Crippen molar-refractivity contribution in [1.82, 2.24) is 4.57 Å². The number of pyridine rings is 1. The van der Waals surface area contributed by atoms with E-state index < -0.39 is 17.3 Å². The molecule has 1 unspecified atom stereocenters. The van der Waals surface area contributed by atoms with Gasteiger partial charge in [-0.25, -0.2) is 0 Å². The highest BCUT2D eigenvalue weighted by Gasteiger charge is 2.32. The highest BCUT2D eigenvalue weighted by atomic mass is 79.9. The van der Waals surface area contributed by atoms with Gasteiger partial charge in [0.1, 0.15) is 0 Å². The molecule has 7 heteroatoms. The van der Waals surface area contributed by atoms with Gasteiger partial charge < -0.3 is 9.30 Å². The third-order valence-electron chi connectivity index (χ3n) is 2.79. The minimum atomic E-state index is -4.46. The predicted octanol–water partition coefficient (Wildman–Crippen LogP) is 2.81. The van der Waals surface area contributed by atoms with Crippen LogP contribution in [0.1, 0.15) is 18.4 Å². The van der Waals surface area contributed by atoms with Gasteiger partial charge in [0.25, 0.3) is 5.56 Å². The van der Waals surface area contributed by atoms with Gasteiger partial charge in [0.2, 0.25) is 0 Å². The molecule has 18 heavy (non-hydrogen) atoms. The Labute approximate surface area is 110 Å². The van der Waals surface area contributed by atoms with E-state index in [2.05, 4.69) is 15.9 Å². The smallest absolute Gasteiger partial charge is 0.376 e. The van der Waals surface area contributed by atoms with E-state index in [0.29, 0.717) is 6.61 Å². The molecule has 1 aliphatic heterocycles. The molecule has 0 aromatic carbocycles. The maximum absolute atomic E-state index is 12.6. The zero-order chi connectivity index (χ0) is 13.3. The number of rotatable bonds is 2. The second-order valence-electron chi connectivity index (χ2n) is 4.17. The summed E-state index contributed by atoms with van der Waals surface area (Å²) in [5.41, 5.74) is -1.31. The first-order valence-corrected chi connectivity index (χ1v) is 6.26. The van der Waals surface area contributed by atoms with E-state index in [1.165, 1.54) is 0 Å². The molecule has 0 radical (unpaired) electrons. The Morgan fingerprint density at radius 1 is 1.50 bits per heavy atom. The van der Waals surface area contributed by atoms with Gasteiger partial charge in [-0.1, -0.05) is 0 Å². The van der Waals surface area contributed by atoms with E-state index in [-0.39, 0.29) is 17.1 Å². The third kappa shape index (κ3) is 2.95. The van der Waals surface area contributed by atoms with Crippen LogP contribution in [0.25, 0.3) is 0 Å². The molecule has 0 aliphatic carbocycles. The molecule has 0 amide bonds. The van der Waals surface area contributed by atoms with Crippen LogP contribution in [0.3, 0.4) is 0 Å². The quantitative estimate of drug-likeness (QED) is 0.837. The Bertz CT molecular complexity index is 492. The van der Waals surface area contributed by atoms with Crippen LogP contribution in [0.4, 0.5) is 13.2 Å². The lowest BCUT2D eigenvalue weighted by Gasteiger charge is -2.15. The van der Waals surface area contributed by atoms with Crippen LogP contribution >= 0.6 is 15.9 Å². The first kappa shape index (κ1) is 13.6. The second kappa shape index (κ2) is 5.05. The summed E-state index contributed by atoms with van der Waals surface area (Å²) in [6.07, 6.45) is -2.17. The summed E-state index contributed by atoms with van der Waals surface area (Å²) in [4.78, 5) is 11.7. The van der Waals surface area contributed by atoms with Gasteiger partial charge in [0, 0.05) is 12.8 Å². The molecule has 1 atom stereocenters. The molecule has 1 aromatic heterocycles. The van der Waals surface area contributed by atoms with Crippen molar-refractivity contribution >= 4 is 15.9 Å². The number of hydrogen-bond donors (Lipinski definition) is 0. The monoisotopic (exact) mass is 325 g/mol. The lowest BCUT2D eigenvalue weighted by atomic mass is 10.2. The van der Waals surface area contributed by atoms with Crippen molar-refractivity contribution in [3.8, 4) is 0 Å². The average Bonchev–Trinajstić information content (AvgIpc) is 2.75. The summed E-state index contributed by atoms with van der Waals surface area (Å²) in [6, 6.07) is 0.800. The Morgan fingerprint density at radius 3 is 2.78 bits per heavy atom. The number of hydrogen-bond acceptors (Lipinski definition) is 2. The molecular formula is C11H11BrF3NO2. The van der Waals surface area contributed by atoms with E-state index in [4.69, 9.17) is 4.74 Å². The highest BCUT2D eigenvalue weighted by Crippen LogP contribution is 2.29. The Balaban J connectivity index is 2.33. The van der Waals surface area contributed by atoms with Crippen molar-refractivity contribution in [3.05, 3.63) is 32.7 Å². The maximum Gasteiger partial charge on any atom is 0.417 e. The molecule has 1 saturated heterocycles. The maximum atomic E-state index is 12.6. The van der Waals surface area contributed by atoms with Crippen LogP contribution < -0.4 is 5.56 Å². The minimum absolute atomic E-state index is 0.0877. The van der Waals surface area contributed by atoms with Crippen molar-refractivity contribution < 1.29 is 17.9 Å². The first-order valence-electron chi connectivity index (χ1n) is 5.46. The number of ether oxygens (including phenoxy) is 1. The highest BCUT2D eigenvalue weighted by molar-refractivity contribution is 9.10. The zero-order valence-electron chi connectivity index (χ0n) is 9.34. The summed E-state index contributed by atoms with van der Waals surface area (Å²) in [5.74, 6) is 0. The Hall–Kier alpha value is -0.820. The Kier molecular flexibility index (Phi) is 3.82. The molecule has 0 N–H and O–H groups in total. The average molecular weight is 326 g/mol. The predicted molar refractivity (Wildman–Crippen MR) is 62.4 cm³/mol. The molecule has 2 heterocycles. The van der Waals surface area contributed by atoms with E-state index in [1.807, 2.05) is 0 Å². The normalized spacial score (nSPS) is 20.3. The van der Waals surface area contributed by atoms with Crippen molar-refractivity contribution in [2.45, 2.75) is 31.7 Å². The third-order valence-corrected chi connectivity index (χ3v) is 3.36. The van der Waals surface area contributed by atoms with Gasteiger partial charge in [0.05, 0.1) is 22.7 Å². The van der Waals surface area contributed by atoms with Crippen LogP contribution in [-0.4, -0.2) is 17.3 Å². The largest absolute Gasteiger partial charge is 0.417 e. The van der Waals surface area contributed by atoms with E-state index in [0.717, 1.165) is 29.7 Å². The van der Waals surface area contributed by atoms with Crippen molar-refractivity contribution in [1.29, 1.82) is 0 Å². The number of nitrogens with zero attached hydrogens (tertiary/aromatic N) is 1. The standard InChI is InChI=1S/C11H11BrF3NO2/c12-9-4-7(11(13,14)15)5-16(10(9)17)6-8-2-1-3-18-8/h4-5,8H,1-3,6H2. The lowest BCUT2D eigenvalue weighted by molar-refractivity contribution is -0.138. The molecule has 0 spiro atoms.